The van der Waals surface area contributed by atoms with Crippen LogP contribution in [-0.4, -0.2) is 15.9 Å². The third-order valence-electron chi connectivity index (χ3n) is 2.62. The number of pyridine rings is 1. The van der Waals surface area contributed by atoms with E-state index < -0.39 is 0 Å². The van der Waals surface area contributed by atoms with Crippen LogP contribution >= 0.6 is 0 Å². The van der Waals surface area contributed by atoms with E-state index in [1.165, 1.54) is 12.6 Å². The number of benzene rings is 1. The molecule has 0 aliphatic heterocycles. The van der Waals surface area contributed by atoms with Crippen LogP contribution < -0.4 is 11.1 Å². The number of aromatic nitrogens is 2. The van der Waals surface area contributed by atoms with Crippen molar-refractivity contribution in [2.75, 3.05) is 11.1 Å². The lowest BCUT2D eigenvalue weighted by Gasteiger charge is -2.04. The molecular weight excluding hydrogens is 244 g/mol. The fourth-order valence-electron chi connectivity index (χ4n) is 1.66. The number of hydrogen-bond donors (Lipinski definition) is 2. The Balaban J connectivity index is 1.84. The zero-order chi connectivity index (χ0) is 13.2. The van der Waals surface area contributed by atoms with Gasteiger partial charge in [-0.15, -0.1) is 0 Å². The van der Waals surface area contributed by atoms with Crippen LogP contribution in [0.15, 0.2) is 47.3 Å². The highest BCUT2D eigenvalue weighted by Crippen LogP contribution is 2.15. The quantitative estimate of drug-likeness (QED) is 0.730. The lowest BCUT2D eigenvalue weighted by Crippen LogP contribution is -2.12. The maximum atomic E-state index is 12.0. The van der Waals surface area contributed by atoms with Crippen LogP contribution in [0.2, 0.25) is 0 Å². The van der Waals surface area contributed by atoms with Crippen LogP contribution in [0.3, 0.4) is 0 Å². The third-order valence-corrected chi connectivity index (χ3v) is 2.62. The minimum absolute atomic E-state index is 0.268. The molecule has 1 aromatic carbocycles. The second kappa shape index (κ2) is 4.41. The first-order valence-electron chi connectivity index (χ1n) is 5.58. The number of hydrogen-bond acceptors (Lipinski definition) is 5. The van der Waals surface area contributed by atoms with Gasteiger partial charge in [-0.3, -0.25) is 4.79 Å². The minimum Gasteiger partial charge on any atom is -0.443 e. The van der Waals surface area contributed by atoms with Crippen LogP contribution in [-0.2, 0) is 0 Å². The van der Waals surface area contributed by atoms with Gasteiger partial charge in [-0.25, -0.2) is 9.97 Å². The molecule has 0 saturated carbocycles. The number of nitrogens with two attached hydrogens (primary N) is 1. The molecule has 0 bridgehead atoms. The predicted molar refractivity (Wildman–Crippen MR) is 70.6 cm³/mol. The number of fused-ring (bicyclic) bond motifs is 1. The van der Waals surface area contributed by atoms with Gasteiger partial charge in [0.2, 0.25) is 0 Å². The third kappa shape index (κ3) is 2.23. The smallest absolute Gasteiger partial charge is 0.256 e. The number of carbonyl (C=O) groups excluding carboxylic acids is 1. The summed E-state index contributed by atoms with van der Waals surface area (Å²) >= 11 is 0. The highest BCUT2D eigenvalue weighted by molar-refractivity contribution is 6.05. The molecule has 2 heterocycles. The highest BCUT2D eigenvalue weighted by atomic mass is 16.3. The van der Waals surface area contributed by atoms with E-state index in [2.05, 4.69) is 15.3 Å². The first-order valence-corrected chi connectivity index (χ1v) is 5.58. The number of nitrogen functional groups attached to an aromatic ring is 1. The van der Waals surface area contributed by atoms with Crippen molar-refractivity contribution in [3.8, 4) is 0 Å². The Morgan fingerprint density at radius 3 is 2.89 bits per heavy atom. The van der Waals surface area contributed by atoms with E-state index in [-0.39, 0.29) is 5.91 Å². The average Bonchev–Trinajstić information content (AvgIpc) is 2.88. The monoisotopic (exact) mass is 254 g/mol. The summed E-state index contributed by atoms with van der Waals surface area (Å²) in [5.74, 6) is 0.174. The molecule has 6 heteroatoms. The van der Waals surface area contributed by atoms with E-state index in [1.54, 1.807) is 30.3 Å². The van der Waals surface area contributed by atoms with Crippen molar-refractivity contribution >= 4 is 28.5 Å². The summed E-state index contributed by atoms with van der Waals surface area (Å²) in [6.45, 7) is 0. The van der Waals surface area contributed by atoms with Crippen LogP contribution in [0.5, 0.6) is 0 Å². The van der Waals surface area contributed by atoms with Gasteiger partial charge in [0, 0.05) is 5.56 Å². The number of anilines is 2. The first-order chi connectivity index (χ1) is 9.22. The van der Waals surface area contributed by atoms with Crippen molar-refractivity contribution in [1.29, 1.82) is 0 Å². The molecular formula is C13H10N4O2. The predicted octanol–water partition coefficient (Wildman–Crippen LogP) is 2.06. The molecule has 0 fully saturated rings. The van der Waals surface area contributed by atoms with E-state index >= 15 is 0 Å². The summed E-state index contributed by atoms with van der Waals surface area (Å²) in [4.78, 5) is 20.0. The zero-order valence-corrected chi connectivity index (χ0v) is 9.83. The van der Waals surface area contributed by atoms with Crippen molar-refractivity contribution < 1.29 is 9.21 Å². The van der Waals surface area contributed by atoms with Crippen molar-refractivity contribution in [2.24, 2.45) is 0 Å². The molecule has 0 spiro atoms. The van der Waals surface area contributed by atoms with Gasteiger partial charge in [0.25, 0.3) is 5.91 Å². The van der Waals surface area contributed by atoms with Gasteiger partial charge in [-0.2, -0.15) is 0 Å². The van der Waals surface area contributed by atoms with Gasteiger partial charge in [-0.05, 0) is 30.3 Å². The number of oxazole rings is 1. The van der Waals surface area contributed by atoms with Gasteiger partial charge >= 0.3 is 0 Å². The molecule has 0 radical (unpaired) electrons. The molecule has 19 heavy (non-hydrogen) atoms. The Morgan fingerprint density at radius 2 is 2.11 bits per heavy atom. The van der Waals surface area contributed by atoms with Crippen molar-refractivity contribution in [3.63, 3.8) is 0 Å². The summed E-state index contributed by atoms with van der Waals surface area (Å²) in [5.41, 5.74) is 7.82. The molecule has 3 rings (SSSR count). The Kier molecular flexibility index (Phi) is 2.60. The number of carbonyl (C=O) groups is 1. The minimum atomic E-state index is -0.268. The summed E-state index contributed by atoms with van der Waals surface area (Å²) in [6, 6.07) is 8.35. The van der Waals surface area contributed by atoms with Gasteiger partial charge in [-0.1, -0.05) is 0 Å². The van der Waals surface area contributed by atoms with Gasteiger partial charge < -0.3 is 15.5 Å². The summed E-state index contributed by atoms with van der Waals surface area (Å²) in [5, 5.41) is 2.67. The number of nitrogens with one attached hydrogen (secondary N) is 1. The molecule has 1 amide bonds. The maximum Gasteiger partial charge on any atom is 0.256 e. The topological polar surface area (TPSA) is 94.0 Å². The van der Waals surface area contributed by atoms with Gasteiger partial charge in [0.1, 0.15) is 11.3 Å². The van der Waals surface area contributed by atoms with E-state index in [4.69, 9.17) is 10.2 Å². The van der Waals surface area contributed by atoms with E-state index in [0.29, 0.717) is 28.2 Å². The fourth-order valence-corrected chi connectivity index (χ4v) is 1.66. The summed E-state index contributed by atoms with van der Waals surface area (Å²) < 4.78 is 5.15. The number of rotatable bonds is 2. The van der Waals surface area contributed by atoms with Crippen molar-refractivity contribution in [2.45, 2.75) is 0 Å². The first kappa shape index (κ1) is 11.2. The van der Waals surface area contributed by atoms with Gasteiger partial charge in [0.05, 0.1) is 11.9 Å². The Labute approximate surface area is 108 Å². The zero-order valence-electron chi connectivity index (χ0n) is 9.83. The van der Waals surface area contributed by atoms with Crippen LogP contribution in [0.25, 0.3) is 11.1 Å². The molecule has 3 N–H and O–H groups in total. The lowest BCUT2D eigenvalue weighted by molar-refractivity contribution is 0.102. The standard InChI is InChI=1S/C13H10N4O2/c14-9-2-4-12(15-6-9)17-13(18)8-1-3-10-11(5-8)19-7-16-10/h1-7H,14H2,(H,15,17,18). The summed E-state index contributed by atoms with van der Waals surface area (Å²) in [7, 11) is 0. The fraction of sp³-hybridized carbons (Fsp3) is 0. The van der Waals surface area contributed by atoms with E-state index in [9.17, 15) is 4.79 Å². The second-order valence-electron chi connectivity index (χ2n) is 3.97. The Morgan fingerprint density at radius 1 is 1.21 bits per heavy atom. The largest absolute Gasteiger partial charge is 0.443 e. The molecule has 94 valence electrons. The molecule has 0 saturated heterocycles. The Bertz CT molecular complexity index is 734. The van der Waals surface area contributed by atoms with Crippen LogP contribution in [0.1, 0.15) is 10.4 Å². The number of amides is 1. The number of nitrogens with zero attached hydrogens (tertiary/aromatic N) is 2. The molecule has 0 aliphatic rings. The summed E-state index contributed by atoms with van der Waals surface area (Å²) in [6.07, 6.45) is 2.82. The van der Waals surface area contributed by atoms with Crippen molar-refractivity contribution in [3.05, 3.63) is 48.5 Å². The maximum absolute atomic E-state index is 12.0. The van der Waals surface area contributed by atoms with Gasteiger partial charge in [0.15, 0.2) is 12.0 Å². The molecule has 0 unspecified atom stereocenters. The molecule has 6 nitrogen and oxygen atoms in total. The van der Waals surface area contributed by atoms with Crippen LogP contribution in [0.4, 0.5) is 11.5 Å². The molecule has 2 aromatic heterocycles. The average molecular weight is 254 g/mol. The van der Waals surface area contributed by atoms with Crippen molar-refractivity contribution in [1.82, 2.24) is 9.97 Å². The van der Waals surface area contributed by atoms with E-state index in [1.807, 2.05) is 0 Å². The normalized spacial score (nSPS) is 10.5. The van der Waals surface area contributed by atoms with Crippen LogP contribution in [0, 0.1) is 0 Å². The Hall–Kier alpha value is -2.89. The molecule has 0 aliphatic carbocycles. The molecule has 3 aromatic rings. The highest BCUT2D eigenvalue weighted by Gasteiger charge is 2.09. The second-order valence-corrected chi connectivity index (χ2v) is 3.97. The van der Waals surface area contributed by atoms with E-state index in [0.717, 1.165) is 0 Å². The molecule has 0 atom stereocenters. The lowest BCUT2D eigenvalue weighted by atomic mass is 10.2. The SMILES string of the molecule is Nc1ccc(NC(=O)c2ccc3ncoc3c2)nc1.